The van der Waals surface area contributed by atoms with Crippen molar-refractivity contribution in [1.29, 1.82) is 0 Å². The van der Waals surface area contributed by atoms with Crippen molar-refractivity contribution < 1.29 is 14.3 Å². The Morgan fingerprint density at radius 1 is 1.53 bits per heavy atom. The number of esters is 1. The predicted molar refractivity (Wildman–Crippen MR) is 62.9 cm³/mol. The lowest BCUT2D eigenvalue weighted by molar-refractivity contribution is -0.146. The normalized spacial score (nSPS) is 29.4. The molecule has 3 heteroatoms. The Kier molecular flexibility index (Phi) is 2.35. The Hall–Kier alpha value is -1.51. The van der Waals surface area contributed by atoms with Crippen LogP contribution in [0.1, 0.15) is 25.3 Å². The van der Waals surface area contributed by atoms with Crippen LogP contribution in [0.5, 0.6) is 5.75 Å². The van der Waals surface area contributed by atoms with Crippen molar-refractivity contribution in [3.8, 4) is 5.75 Å². The lowest BCUT2D eigenvalue weighted by Crippen LogP contribution is -2.29. The number of fused-ring (bicyclic) bond motifs is 1. The lowest BCUT2D eigenvalue weighted by Gasteiger charge is -2.26. The molecule has 1 aromatic rings. The summed E-state index contributed by atoms with van der Waals surface area (Å²) >= 11 is 0. The van der Waals surface area contributed by atoms with Crippen LogP contribution in [0.25, 0.3) is 0 Å². The Balaban J connectivity index is 1.75. The first-order valence-electron chi connectivity index (χ1n) is 6.19. The molecule has 1 aromatic carbocycles. The molecule has 2 aliphatic rings. The predicted octanol–water partition coefficient (Wildman–Crippen LogP) is 2.33. The van der Waals surface area contributed by atoms with E-state index in [9.17, 15) is 4.79 Å². The van der Waals surface area contributed by atoms with Gasteiger partial charge in [0.1, 0.15) is 17.3 Å². The number of para-hydroxylation sites is 1. The number of ether oxygens (including phenoxy) is 2. The summed E-state index contributed by atoms with van der Waals surface area (Å²) in [5.74, 6) is 0.772. The second-order valence-corrected chi connectivity index (χ2v) is 4.78. The van der Waals surface area contributed by atoms with Gasteiger partial charge >= 0.3 is 5.97 Å². The molecule has 0 aromatic heterocycles. The highest BCUT2D eigenvalue weighted by Crippen LogP contribution is 2.53. The maximum atomic E-state index is 11.7. The third kappa shape index (κ3) is 1.70. The minimum atomic E-state index is -0.263. The SMILES string of the molecule is CCOC(=O)C1C[C@@]12CCc1ccccc1O2. The summed E-state index contributed by atoms with van der Waals surface area (Å²) in [4.78, 5) is 11.7. The Morgan fingerprint density at radius 2 is 2.35 bits per heavy atom. The summed E-state index contributed by atoms with van der Waals surface area (Å²) < 4.78 is 11.1. The van der Waals surface area contributed by atoms with Crippen molar-refractivity contribution in [2.45, 2.75) is 31.8 Å². The summed E-state index contributed by atoms with van der Waals surface area (Å²) in [7, 11) is 0. The van der Waals surface area contributed by atoms with Crippen LogP contribution >= 0.6 is 0 Å². The van der Waals surface area contributed by atoms with Gasteiger partial charge in [0.25, 0.3) is 0 Å². The number of aryl methyl sites for hydroxylation is 1. The maximum absolute atomic E-state index is 11.7. The molecule has 3 nitrogen and oxygen atoms in total. The van der Waals surface area contributed by atoms with E-state index in [-0.39, 0.29) is 17.5 Å². The molecule has 1 unspecified atom stereocenters. The zero-order valence-electron chi connectivity index (χ0n) is 9.94. The van der Waals surface area contributed by atoms with Crippen molar-refractivity contribution in [3.63, 3.8) is 0 Å². The molecule has 1 saturated carbocycles. The van der Waals surface area contributed by atoms with Crippen molar-refractivity contribution in [2.24, 2.45) is 5.92 Å². The van der Waals surface area contributed by atoms with Crippen molar-refractivity contribution in [1.82, 2.24) is 0 Å². The zero-order valence-corrected chi connectivity index (χ0v) is 9.94. The number of benzene rings is 1. The molecule has 90 valence electrons. The van der Waals surface area contributed by atoms with Crippen LogP contribution in [0, 0.1) is 5.92 Å². The summed E-state index contributed by atoms with van der Waals surface area (Å²) in [6.45, 7) is 2.28. The largest absolute Gasteiger partial charge is 0.486 e. The summed E-state index contributed by atoms with van der Waals surface area (Å²) in [6.07, 6.45) is 2.72. The van der Waals surface area contributed by atoms with E-state index in [0.29, 0.717) is 6.61 Å². The van der Waals surface area contributed by atoms with Gasteiger partial charge in [-0.1, -0.05) is 18.2 Å². The van der Waals surface area contributed by atoms with E-state index < -0.39 is 0 Å². The molecule has 2 atom stereocenters. The highest BCUT2D eigenvalue weighted by atomic mass is 16.5. The van der Waals surface area contributed by atoms with Gasteiger partial charge in [0.2, 0.25) is 0 Å². The van der Waals surface area contributed by atoms with Gasteiger partial charge in [0, 0.05) is 6.42 Å². The second-order valence-electron chi connectivity index (χ2n) is 4.78. The van der Waals surface area contributed by atoms with E-state index in [1.54, 1.807) is 0 Å². The van der Waals surface area contributed by atoms with Crippen LogP contribution in [-0.2, 0) is 16.0 Å². The average Bonchev–Trinajstić information content (AvgIpc) is 3.03. The fraction of sp³-hybridized carbons (Fsp3) is 0.500. The van der Waals surface area contributed by atoms with Gasteiger partial charge in [0.05, 0.1) is 6.61 Å². The van der Waals surface area contributed by atoms with E-state index in [1.165, 1.54) is 5.56 Å². The van der Waals surface area contributed by atoms with E-state index >= 15 is 0 Å². The summed E-state index contributed by atoms with van der Waals surface area (Å²) in [5.41, 5.74) is 0.980. The molecule has 1 aliphatic heterocycles. The number of carbonyl (C=O) groups is 1. The topological polar surface area (TPSA) is 35.5 Å². The third-order valence-corrected chi connectivity index (χ3v) is 3.70. The van der Waals surface area contributed by atoms with Gasteiger partial charge < -0.3 is 9.47 Å². The van der Waals surface area contributed by atoms with Gasteiger partial charge in [-0.2, -0.15) is 0 Å². The first-order valence-corrected chi connectivity index (χ1v) is 6.19. The van der Waals surface area contributed by atoms with Crippen molar-refractivity contribution >= 4 is 5.97 Å². The standard InChI is InChI=1S/C14H16O3/c1-2-16-13(15)11-9-14(11)8-7-10-5-3-4-6-12(10)17-14/h3-6,11H,2,7-9H2,1H3/t11?,14-/m0/s1. The van der Waals surface area contributed by atoms with Crippen LogP contribution in [0.2, 0.25) is 0 Å². The summed E-state index contributed by atoms with van der Waals surface area (Å²) in [6, 6.07) is 8.07. The zero-order chi connectivity index (χ0) is 11.9. The van der Waals surface area contributed by atoms with E-state index in [4.69, 9.17) is 9.47 Å². The average molecular weight is 232 g/mol. The highest BCUT2D eigenvalue weighted by Gasteiger charge is 2.62. The van der Waals surface area contributed by atoms with Crippen LogP contribution in [0.4, 0.5) is 0 Å². The van der Waals surface area contributed by atoms with Crippen LogP contribution < -0.4 is 4.74 Å². The fourth-order valence-electron chi connectivity index (χ4n) is 2.64. The Bertz CT molecular complexity index is 455. The third-order valence-electron chi connectivity index (χ3n) is 3.70. The highest BCUT2D eigenvalue weighted by molar-refractivity contribution is 5.78. The van der Waals surface area contributed by atoms with Crippen LogP contribution in [-0.4, -0.2) is 18.2 Å². The molecule has 0 saturated heterocycles. The molecule has 0 bridgehead atoms. The number of carbonyl (C=O) groups excluding carboxylic acids is 1. The second kappa shape index (κ2) is 3.76. The molecule has 0 amide bonds. The lowest BCUT2D eigenvalue weighted by atomic mass is 9.99. The van der Waals surface area contributed by atoms with Crippen LogP contribution in [0.3, 0.4) is 0 Å². The first-order chi connectivity index (χ1) is 8.25. The summed E-state index contributed by atoms with van der Waals surface area (Å²) in [5, 5.41) is 0. The minimum absolute atomic E-state index is 0.0594. The van der Waals surface area contributed by atoms with Gasteiger partial charge in [-0.3, -0.25) is 4.79 Å². The van der Waals surface area contributed by atoms with Crippen LogP contribution in [0.15, 0.2) is 24.3 Å². The number of rotatable bonds is 2. The molecule has 1 heterocycles. The van der Waals surface area contributed by atoms with Gasteiger partial charge in [-0.25, -0.2) is 0 Å². The quantitative estimate of drug-likeness (QED) is 0.734. The molecule has 1 spiro atoms. The molecule has 0 radical (unpaired) electrons. The van der Waals surface area contributed by atoms with Crippen molar-refractivity contribution in [3.05, 3.63) is 29.8 Å². The molecule has 1 aliphatic carbocycles. The van der Waals surface area contributed by atoms with Crippen molar-refractivity contribution in [2.75, 3.05) is 6.61 Å². The molecule has 0 N–H and O–H groups in total. The number of hydrogen-bond acceptors (Lipinski definition) is 3. The number of hydrogen-bond donors (Lipinski definition) is 0. The fourth-order valence-corrected chi connectivity index (χ4v) is 2.64. The monoisotopic (exact) mass is 232 g/mol. The molecular formula is C14H16O3. The molecule has 3 rings (SSSR count). The van der Waals surface area contributed by atoms with Gasteiger partial charge in [-0.05, 0) is 31.4 Å². The molecule has 17 heavy (non-hydrogen) atoms. The smallest absolute Gasteiger partial charge is 0.313 e. The Labute approximate surface area is 101 Å². The van der Waals surface area contributed by atoms with E-state index in [0.717, 1.165) is 25.0 Å². The Morgan fingerprint density at radius 3 is 3.18 bits per heavy atom. The first kappa shape index (κ1) is 10.6. The molecular weight excluding hydrogens is 216 g/mol. The van der Waals surface area contributed by atoms with Gasteiger partial charge in [-0.15, -0.1) is 0 Å². The maximum Gasteiger partial charge on any atom is 0.313 e. The van der Waals surface area contributed by atoms with E-state index in [1.807, 2.05) is 25.1 Å². The van der Waals surface area contributed by atoms with Gasteiger partial charge in [0.15, 0.2) is 0 Å². The molecule has 1 fully saturated rings. The minimum Gasteiger partial charge on any atom is -0.486 e. The van der Waals surface area contributed by atoms with E-state index in [2.05, 4.69) is 6.07 Å².